The molecule has 8 heteroatoms. The Hall–Kier alpha value is -2.02. The summed E-state index contributed by atoms with van der Waals surface area (Å²) in [5, 5.41) is 30.1. The third-order valence-electron chi connectivity index (χ3n) is 4.65. The Balaban J connectivity index is 1.77. The first-order chi connectivity index (χ1) is 12.3. The van der Waals surface area contributed by atoms with E-state index in [0.717, 1.165) is 11.1 Å². The third kappa shape index (κ3) is 4.03. The number of aliphatic hydroxyl groups excluding tert-OH is 1. The fourth-order valence-corrected chi connectivity index (χ4v) is 3.56. The summed E-state index contributed by atoms with van der Waals surface area (Å²) in [6.45, 7) is -0.103. The summed E-state index contributed by atoms with van der Waals surface area (Å²) in [7, 11) is 0. The van der Waals surface area contributed by atoms with E-state index in [1.165, 1.54) is 17.2 Å². The molecule has 1 heterocycles. The number of aryl methyl sites for hydroxylation is 1. The van der Waals surface area contributed by atoms with E-state index < -0.39 is 12.2 Å². The molecule has 0 saturated heterocycles. The number of phenols is 1. The van der Waals surface area contributed by atoms with Gasteiger partial charge in [0.1, 0.15) is 10.9 Å². The monoisotopic (exact) mass is 396 g/mol. The molecule has 0 bridgehead atoms. The number of halogens is 2. The number of aromatic hydroxyl groups is 1. The second-order valence-corrected chi connectivity index (χ2v) is 7.11. The van der Waals surface area contributed by atoms with Gasteiger partial charge in [-0.3, -0.25) is 0 Å². The lowest BCUT2D eigenvalue weighted by atomic mass is 9.87. The van der Waals surface area contributed by atoms with Crippen molar-refractivity contribution >= 4 is 29.3 Å². The molecule has 0 unspecified atom stereocenters. The summed E-state index contributed by atoms with van der Waals surface area (Å²) >= 11 is 11.7. The number of carboxylic acid groups (broad SMARTS) is 1. The van der Waals surface area contributed by atoms with Gasteiger partial charge in [0.25, 0.3) is 0 Å². The van der Waals surface area contributed by atoms with E-state index in [1.807, 2.05) is 6.07 Å². The zero-order chi connectivity index (χ0) is 18.8. The molecule has 6 nitrogen and oxygen atoms in total. The van der Waals surface area contributed by atoms with Gasteiger partial charge in [0.05, 0.1) is 17.7 Å². The second kappa shape index (κ2) is 7.70. The average molecular weight is 397 g/mol. The highest BCUT2D eigenvalue weighted by molar-refractivity contribution is 6.41. The fraction of sp³-hybridized carbons (Fsp3) is 0.333. The van der Waals surface area contributed by atoms with Crippen LogP contribution in [0.2, 0.25) is 10.2 Å². The van der Waals surface area contributed by atoms with Crippen LogP contribution in [0.25, 0.3) is 0 Å². The van der Waals surface area contributed by atoms with Crippen molar-refractivity contribution < 1.29 is 20.1 Å². The van der Waals surface area contributed by atoms with Crippen LogP contribution >= 0.6 is 23.2 Å². The number of hydrogen-bond acceptors (Lipinski definition) is 4. The molecule has 0 radical (unpaired) electrons. The zero-order valence-corrected chi connectivity index (χ0v) is 15.3. The maximum absolute atomic E-state index is 11.8. The molecule has 138 valence electrons. The van der Waals surface area contributed by atoms with Crippen molar-refractivity contribution in [1.29, 1.82) is 0 Å². The van der Waals surface area contributed by atoms with Crippen molar-refractivity contribution in [3.05, 3.63) is 57.3 Å². The first-order valence-corrected chi connectivity index (χ1v) is 8.90. The van der Waals surface area contributed by atoms with Gasteiger partial charge >= 0.3 is 6.09 Å². The van der Waals surface area contributed by atoms with Crippen LogP contribution in [0.4, 0.5) is 4.79 Å². The van der Waals surface area contributed by atoms with Crippen LogP contribution in [0.5, 0.6) is 5.75 Å². The van der Waals surface area contributed by atoms with Crippen LogP contribution in [0, 0.1) is 0 Å². The van der Waals surface area contributed by atoms with Gasteiger partial charge in [-0.2, -0.15) is 0 Å². The number of phenolic OH excluding ortho intramolecular Hbond substituents is 1. The molecule has 2 aromatic rings. The molecule has 26 heavy (non-hydrogen) atoms. The number of benzene rings is 1. The maximum atomic E-state index is 11.8. The van der Waals surface area contributed by atoms with Crippen molar-refractivity contribution in [3.8, 4) is 5.75 Å². The fourth-order valence-electron chi connectivity index (χ4n) is 3.28. The number of pyridine rings is 1. The van der Waals surface area contributed by atoms with Crippen molar-refractivity contribution in [2.45, 2.75) is 31.4 Å². The van der Waals surface area contributed by atoms with Gasteiger partial charge in [0.2, 0.25) is 0 Å². The van der Waals surface area contributed by atoms with Crippen molar-refractivity contribution in [2.24, 2.45) is 0 Å². The van der Waals surface area contributed by atoms with Gasteiger partial charge < -0.3 is 20.2 Å². The van der Waals surface area contributed by atoms with Crippen LogP contribution in [0.3, 0.4) is 0 Å². The molecule has 0 aliphatic heterocycles. The van der Waals surface area contributed by atoms with E-state index in [1.54, 1.807) is 12.1 Å². The quantitative estimate of drug-likeness (QED) is 0.685. The summed E-state index contributed by atoms with van der Waals surface area (Å²) in [5.74, 6) is 0.160. The Morgan fingerprint density at radius 3 is 2.77 bits per heavy atom. The number of aromatic nitrogens is 1. The van der Waals surface area contributed by atoms with Gasteiger partial charge in [-0.05, 0) is 48.6 Å². The van der Waals surface area contributed by atoms with Gasteiger partial charge in [-0.25, -0.2) is 9.78 Å². The Bertz CT molecular complexity index is 831. The predicted octanol–water partition coefficient (Wildman–Crippen LogP) is 3.66. The highest BCUT2D eigenvalue weighted by Gasteiger charge is 2.30. The van der Waals surface area contributed by atoms with Gasteiger partial charge in [-0.15, -0.1) is 0 Å². The van der Waals surface area contributed by atoms with E-state index >= 15 is 0 Å². The SMILES string of the molecule is O=C(O)N(C[C@H](O)c1cnc(Cl)c(Cl)c1)[C@H]1CCc2ccc(O)cc2C1. The smallest absolute Gasteiger partial charge is 0.407 e. The number of rotatable bonds is 4. The standard InChI is InChI=1S/C18H18Cl2N2O4/c19-15-7-12(8-21-17(15)20)16(24)9-22(18(25)26)13-3-1-10-2-4-14(23)6-11(10)5-13/h2,4,6-8,13,16,23-24H,1,3,5,9H2,(H,25,26)/t13-,16-/m0/s1. The molecule has 3 N–H and O–H groups in total. The predicted molar refractivity (Wildman–Crippen MR) is 97.9 cm³/mol. The molecule has 1 amide bonds. The van der Waals surface area contributed by atoms with Crippen molar-refractivity contribution in [2.75, 3.05) is 6.54 Å². The van der Waals surface area contributed by atoms with Crippen LogP contribution < -0.4 is 0 Å². The van der Waals surface area contributed by atoms with E-state index in [0.29, 0.717) is 24.8 Å². The molecule has 1 aromatic carbocycles. The molecule has 1 aromatic heterocycles. The normalized spacial score (nSPS) is 17.4. The highest BCUT2D eigenvalue weighted by atomic mass is 35.5. The number of amides is 1. The van der Waals surface area contributed by atoms with Crippen molar-refractivity contribution in [1.82, 2.24) is 9.88 Å². The van der Waals surface area contributed by atoms with Crippen LogP contribution in [0.15, 0.2) is 30.5 Å². The molecule has 0 spiro atoms. The largest absolute Gasteiger partial charge is 0.508 e. The number of aliphatic hydroxyl groups is 1. The molecule has 0 fully saturated rings. The van der Waals surface area contributed by atoms with Gasteiger partial charge in [0.15, 0.2) is 0 Å². The van der Waals surface area contributed by atoms with Gasteiger partial charge in [0, 0.05) is 17.8 Å². The number of fused-ring (bicyclic) bond motifs is 1. The minimum Gasteiger partial charge on any atom is -0.508 e. The number of nitrogens with zero attached hydrogens (tertiary/aromatic N) is 2. The van der Waals surface area contributed by atoms with Crippen LogP contribution in [0.1, 0.15) is 29.2 Å². The Kier molecular flexibility index (Phi) is 5.55. The lowest BCUT2D eigenvalue weighted by molar-refractivity contribution is 0.0725. The topological polar surface area (TPSA) is 93.9 Å². The maximum Gasteiger partial charge on any atom is 0.407 e. The Morgan fingerprint density at radius 1 is 1.31 bits per heavy atom. The number of hydrogen-bond donors (Lipinski definition) is 3. The summed E-state index contributed by atoms with van der Waals surface area (Å²) in [6, 6.07) is 6.36. The molecular weight excluding hydrogens is 379 g/mol. The minimum absolute atomic E-state index is 0.103. The molecule has 3 rings (SSSR count). The van der Waals surface area contributed by atoms with E-state index in [9.17, 15) is 20.1 Å². The van der Waals surface area contributed by atoms with Crippen LogP contribution in [-0.2, 0) is 12.8 Å². The second-order valence-electron chi connectivity index (χ2n) is 6.34. The minimum atomic E-state index is -1.11. The van der Waals surface area contributed by atoms with Gasteiger partial charge in [-0.1, -0.05) is 29.3 Å². The molecule has 2 atom stereocenters. The van der Waals surface area contributed by atoms with E-state index in [4.69, 9.17) is 23.2 Å². The Morgan fingerprint density at radius 2 is 2.08 bits per heavy atom. The van der Waals surface area contributed by atoms with E-state index in [2.05, 4.69) is 4.98 Å². The zero-order valence-electron chi connectivity index (χ0n) is 13.8. The third-order valence-corrected chi connectivity index (χ3v) is 5.34. The Labute approximate surface area is 160 Å². The molecule has 1 aliphatic carbocycles. The summed E-state index contributed by atoms with van der Waals surface area (Å²) in [5.41, 5.74) is 2.44. The average Bonchev–Trinajstić information content (AvgIpc) is 2.60. The van der Waals surface area contributed by atoms with Crippen LogP contribution in [-0.4, -0.2) is 43.9 Å². The first-order valence-electron chi connectivity index (χ1n) is 8.14. The number of carbonyl (C=O) groups is 1. The summed E-state index contributed by atoms with van der Waals surface area (Å²) in [4.78, 5) is 16.9. The summed E-state index contributed by atoms with van der Waals surface area (Å²) < 4.78 is 0. The lowest BCUT2D eigenvalue weighted by Gasteiger charge is -2.34. The molecule has 1 aliphatic rings. The first kappa shape index (κ1) is 18.8. The summed E-state index contributed by atoms with van der Waals surface area (Å²) in [6.07, 6.45) is 1.06. The highest BCUT2D eigenvalue weighted by Crippen LogP contribution is 2.29. The molecular formula is C18H18Cl2N2O4. The van der Waals surface area contributed by atoms with Crippen molar-refractivity contribution in [3.63, 3.8) is 0 Å². The van der Waals surface area contributed by atoms with E-state index in [-0.39, 0.29) is 28.5 Å². The lowest BCUT2D eigenvalue weighted by Crippen LogP contribution is -2.44. The molecule has 0 saturated carbocycles.